The Morgan fingerprint density at radius 3 is 1.31 bits per heavy atom. The van der Waals surface area contributed by atoms with E-state index in [2.05, 4.69) is 42.5 Å². The van der Waals surface area contributed by atoms with Gasteiger partial charge in [-0.05, 0) is 37.3 Å². The Bertz CT molecular complexity index is 2110. The Labute approximate surface area is 390 Å². The van der Waals surface area contributed by atoms with Crippen LogP contribution in [0.5, 0.6) is 0 Å². The van der Waals surface area contributed by atoms with E-state index in [1.54, 1.807) is 74.5 Å². The Kier molecular flexibility index (Phi) is 23.2. The largest absolute Gasteiger partial charge is 0.481 e. The Hall–Kier alpha value is -7.47. The third-order valence-corrected chi connectivity index (χ3v) is 9.87. The maximum Gasteiger partial charge on any atom is 0.326 e. The van der Waals surface area contributed by atoms with E-state index in [0.29, 0.717) is 11.1 Å². The Morgan fingerprint density at radius 1 is 0.471 bits per heavy atom. The number of carbonyl (C=O) groups excluding carboxylic acids is 8. The second kappa shape index (κ2) is 27.9. The van der Waals surface area contributed by atoms with Gasteiger partial charge < -0.3 is 68.1 Å². The molecule has 0 aliphatic rings. The number of aliphatic hydroxyl groups is 2. The maximum atomic E-state index is 13.8. The van der Waals surface area contributed by atoms with Crippen LogP contribution in [0.25, 0.3) is 0 Å². The minimum atomic E-state index is -1.91. The van der Waals surface area contributed by atoms with Crippen molar-refractivity contribution in [1.82, 2.24) is 42.5 Å². The molecule has 24 heteroatoms. The van der Waals surface area contributed by atoms with Crippen molar-refractivity contribution in [3.63, 3.8) is 0 Å². The number of aliphatic carboxylic acids is 3. The summed E-state index contributed by atoms with van der Waals surface area (Å²) in [6.07, 6.45) is -4.19. The van der Waals surface area contributed by atoms with E-state index in [4.69, 9.17) is 0 Å². The zero-order chi connectivity index (χ0) is 51.2. The van der Waals surface area contributed by atoms with Gasteiger partial charge in [-0.25, -0.2) is 4.79 Å². The molecule has 2 aromatic rings. The molecule has 8 amide bonds. The fraction of sp³-hybridized carbons (Fsp3) is 0.477. The molecule has 2 rings (SSSR count). The molecule has 0 spiro atoms. The van der Waals surface area contributed by atoms with Crippen LogP contribution in [0.1, 0.15) is 65.0 Å². The van der Waals surface area contributed by atoms with E-state index in [1.807, 2.05) is 0 Å². The lowest BCUT2D eigenvalue weighted by Gasteiger charge is -2.28. The van der Waals surface area contributed by atoms with Gasteiger partial charge in [-0.3, -0.25) is 47.9 Å². The molecular formula is C44H60N8O16. The van der Waals surface area contributed by atoms with Gasteiger partial charge in [-0.2, -0.15) is 0 Å². The second-order valence-electron chi connectivity index (χ2n) is 16.2. The van der Waals surface area contributed by atoms with Crippen LogP contribution in [-0.2, 0) is 65.6 Å². The van der Waals surface area contributed by atoms with Crippen molar-refractivity contribution in [3.8, 4) is 0 Å². The van der Waals surface area contributed by atoms with Crippen LogP contribution in [0.15, 0.2) is 60.7 Å². The highest BCUT2D eigenvalue weighted by atomic mass is 16.4. The molecule has 372 valence electrons. The van der Waals surface area contributed by atoms with Crippen LogP contribution in [0.4, 0.5) is 0 Å². The van der Waals surface area contributed by atoms with Crippen molar-refractivity contribution < 1.29 is 78.3 Å². The Balaban J connectivity index is 2.27. The van der Waals surface area contributed by atoms with Crippen LogP contribution >= 0.6 is 0 Å². The van der Waals surface area contributed by atoms with Crippen molar-refractivity contribution in [1.29, 1.82) is 0 Å². The molecular weight excluding hydrogens is 897 g/mol. The lowest BCUT2D eigenvalue weighted by Crippen LogP contribution is -2.62. The van der Waals surface area contributed by atoms with Gasteiger partial charge in [0.15, 0.2) is 0 Å². The van der Waals surface area contributed by atoms with Crippen molar-refractivity contribution in [2.75, 3.05) is 6.61 Å². The van der Waals surface area contributed by atoms with Gasteiger partial charge in [0, 0.05) is 19.8 Å². The number of hydrogen-bond donors (Lipinski definition) is 13. The van der Waals surface area contributed by atoms with Crippen molar-refractivity contribution in [3.05, 3.63) is 71.8 Å². The minimum Gasteiger partial charge on any atom is -0.481 e. The molecule has 0 aliphatic carbocycles. The topological polar surface area (TPSA) is 385 Å². The van der Waals surface area contributed by atoms with Crippen LogP contribution in [-0.4, -0.2) is 152 Å². The first kappa shape index (κ1) is 56.7. The molecule has 0 saturated heterocycles. The zero-order valence-corrected chi connectivity index (χ0v) is 38.0. The molecule has 13 N–H and O–H groups in total. The molecule has 0 saturated carbocycles. The number of nitrogens with one attached hydrogen (secondary N) is 8. The van der Waals surface area contributed by atoms with E-state index in [-0.39, 0.29) is 25.2 Å². The van der Waals surface area contributed by atoms with Gasteiger partial charge in [-0.1, -0.05) is 74.5 Å². The second-order valence-corrected chi connectivity index (χ2v) is 16.2. The highest BCUT2D eigenvalue weighted by molar-refractivity contribution is 5.99. The quantitative estimate of drug-likeness (QED) is 0.0400. The van der Waals surface area contributed by atoms with Crippen LogP contribution in [0.2, 0.25) is 0 Å². The Morgan fingerprint density at radius 2 is 0.868 bits per heavy atom. The van der Waals surface area contributed by atoms with E-state index in [9.17, 15) is 78.3 Å². The number of aliphatic hydroxyl groups excluding tert-OH is 2. The van der Waals surface area contributed by atoms with Gasteiger partial charge in [0.1, 0.15) is 48.3 Å². The molecule has 0 fully saturated rings. The number of hydrogen-bond acceptors (Lipinski definition) is 13. The van der Waals surface area contributed by atoms with E-state index < -0.39 is 139 Å². The summed E-state index contributed by atoms with van der Waals surface area (Å²) in [5, 5.41) is 67.3. The van der Waals surface area contributed by atoms with Crippen LogP contribution in [0, 0.1) is 5.92 Å². The first-order valence-corrected chi connectivity index (χ1v) is 21.3. The van der Waals surface area contributed by atoms with E-state index >= 15 is 0 Å². The van der Waals surface area contributed by atoms with Gasteiger partial charge in [0.05, 0.1) is 25.6 Å². The summed E-state index contributed by atoms with van der Waals surface area (Å²) in [5.41, 5.74) is 1.07. The summed E-state index contributed by atoms with van der Waals surface area (Å²) in [6.45, 7) is 5.83. The fourth-order valence-electron chi connectivity index (χ4n) is 6.43. The van der Waals surface area contributed by atoms with Crippen molar-refractivity contribution >= 4 is 65.2 Å². The lowest BCUT2D eigenvalue weighted by molar-refractivity contribution is -0.143. The molecule has 0 bridgehead atoms. The summed E-state index contributed by atoms with van der Waals surface area (Å²) in [6, 6.07) is 3.33. The first-order chi connectivity index (χ1) is 31.9. The van der Waals surface area contributed by atoms with E-state index in [0.717, 1.165) is 20.8 Å². The summed E-state index contributed by atoms with van der Waals surface area (Å²) in [4.78, 5) is 141. The normalized spacial score (nSPS) is 14.9. The number of carboxylic acid groups (broad SMARTS) is 3. The first-order valence-electron chi connectivity index (χ1n) is 21.3. The number of carbonyl (C=O) groups is 11. The molecule has 0 aliphatic heterocycles. The third kappa shape index (κ3) is 20.0. The molecule has 0 unspecified atom stereocenters. The summed E-state index contributed by atoms with van der Waals surface area (Å²) in [5.74, 6) is -13.3. The third-order valence-electron chi connectivity index (χ3n) is 9.87. The summed E-state index contributed by atoms with van der Waals surface area (Å²) in [7, 11) is 0. The molecule has 2 aromatic carbocycles. The smallest absolute Gasteiger partial charge is 0.326 e. The average molecular weight is 957 g/mol. The number of rotatable bonds is 28. The monoisotopic (exact) mass is 956 g/mol. The van der Waals surface area contributed by atoms with Gasteiger partial charge in [-0.15, -0.1) is 0 Å². The predicted molar refractivity (Wildman–Crippen MR) is 237 cm³/mol. The SMILES string of the molecule is CC(=O)N[C@@H](CO)C(=O)N[C@@H](Cc1ccccc1)C(=O)N[C@H](C(=O)N[C@@H](CC(C)C)C(=O)N[C@@H](CC(=O)O)C(=O)N[C@@H](C)C(=O)N[C@@H](CC(=O)O)C(=O)N[C@@H](Cc1ccccc1)C(=O)O)[C@@H](C)O. The molecule has 9 atom stereocenters. The van der Waals surface area contributed by atoms with Gasteiger partial charge >= 0.3 is 17.9 Å². The number of carboxylic acids is 3. The molecule has 0 aromatic heterocycles. The zero-order valence-electron chi connectivity index (χ0n) is 38.0. The number of amides is 8. The highest BCUT2D eigenvalue weighted by Gasteiger charge is 2.36. The maximum absolute atomic E-state index is 13.8. The highest BCUT2D eigenvalue weighted by Crippen LogP contribution is 2.10. The molecule has 24 nitrogen and oxygen atoms in total. The van der Waals surface area contributed by atoms with Crippen LogP contribution in [0.3, 0.4) is 0 Å². The molecule has 0 heterocycles. The van der Waals surface area contributed by atoms with Gasteiger partial charge in [0.25, 0.3) is 0 Å². The fourth-order valence-corrected chi connectivity index (χ4v) is 6.43. The minimum absolute atomic E-state index is 0.141. The summed E-state index contributed by atoms with van der Waals surface area (Å²) >= 11 is 0. The average Bonchev–Trinajstić information content (AvgIpc) is 3.25. The molecule has 68 heavy (non-hydrogen) atoms. The van der Waals surface area contributed by atoms with E-state index in [1.165, 1.54) is 0 Å². The summed E-state index contributed by atoms with van der Waals surface area (Å²) < 4.78 is 0. The predicted octanol–water partition coefficient (Wildman–Crippen LogP) is -3.16. The van der Waals surface area contributed by atoms with Crippen molar-refractivity contribution in [2.45, 2.75) is 121 Å². The van der Waals surface area contributed by atoms with Crippen molar-refractivity contribution in [2.24, 2.45) is 5.92 Å². The standard InChI is InChI=1S/C44H60N8O16/c1-22(2)16-28(50-43(66)36(24(4)54)52-41(64)29(17-26-12-8-6-9-13-26)48-42(65)33(21-53)46-25(5)55)39(62)49-30(19-34(56)57)38(61)45-23(3)37(60)47-31(20-35(58)59)40(63)51-32(44(67)68)18-27-14-10-7-11-15-27/h6-15,22-24,28-33,36,53-54H,16-21H2,1-5H3,(H,45,61)(H,46,55)(H,47,60)(H,48,65)(H,49,62)(H,50,66)(H,51,63)(H,52,64)(H,56,57)(H,58,59)(H,67,68)/t23-,24+,28-,29-,30-,31-,32-,33-,36-/m0/s1. The van der Waals surface area contributed by atoms with Crippen LogP contribution < -0.4 is 42.5 Å². The molecule has 0 radical (unpaired) electrons. The number of benzene rings is 2. The lowest BCUT2D eigenvalue weighted by atomic mass is 10.0. The van der Waals surface area contributed by atoms with Gasteiger partial charge in [0.2, 0.25) is 47.3 Å².